The standard InChI is InChI=1S/C14H24O2S/c1-13(3-4-13)12(15)11-2-7-16-14(10-11)5-8-17-9-6-14/h11-12,15H,2-10H2,1H3. The molecule has 0 aromatic rings. The van der Waals surface area contributed by atoms with Crippen LogP contribution in [-0.4, -0.2) is 34.9 Å². The first-order chi connectivity index (χ1) is 8.14. The molecular formula is C14H24O2S. The van der Waals surface area contributed by atoms with Gasteiger partial charge in [0.2, 0.25) is 0 Å². The largest absolute Gasteiger partial charge is 0.392 e. The average molecular weight is 256 g/mol. The predicted molar refractivity (Wildman–Crippen MR) is 71.3 cm³/mol. The summed E-state index contributed by atoms with van der Waals surface area (Å²) in [6.07, 6.45) is 6.89. The van der Waals surface area contributed by atoms with Gasteiger partial charge < -0.3 is 9.84 Å². The highest BCUT2D eigenvalue weighted by Crippen LogP contribution is 2.53. The second-order valence-electron chi connectivity index (χ2n) is 6.50. The predicted octanol–water partition coefficient (Wildman–Crippen LogP) is 2.84. The van der Waals surface area contributed by atoms with Crippen molar-refractivity contribution in [2.45, 2.75) is 57.2 Å². The summed E-state index contributed by atoms with van der Waals surface area (Å²) in [4.78, 5) is 0. The van der Waals surface area contributed by atoms with Crippen molar-refractivity contribution in [1.29, 1.82) is 0 Å². The minimum absolute atomic E-state index is 0.0853. The van der Waals surface area contributed by atoms with E-state index in [9.17, 15) is 5.11 Å². The van der Waals surface area contributed by atoms with Gasteiger partial charge in [0.15, 0.2) is 0 Å². The van der Waals surface area contributed by atoms with E-state index in [1.165, 1.54) is 37.2 Å². The highest BCUT2D eigenvalue weighted by molar-refractivity contribution is 7.99. The molecule has 2 unspecified atom stereocenters. The fourth-order valence-corrected chi connectivity index (χ4v) is 4.73. The first-order valence-electron chi connectivity index (χ1n) is 7.03. The minimum atomic E-state index is -0.0853. The van der Waals surface area contributed by atoms with Gasteiger partial charge in [-0.15, -0.1) is 0 Å². The molecule has 0 radical (unpaired) electrons. The Kier molecular flexibility index (Phi) is 3.21. The van der Waals surface area contributed by atoms with Gasteiger partial charge >= 0.3 is 0 Å². The fourth-order valence-electron chi connectivity index (χ4n) is 3.49. The van der Waals surface area contributed by atoms with Gasteiger partial charge in [-0.3, -0.25) is 0 Å². The Bertz CT molecular complexity index is 276. The van der Waals surface area contributed by atoms with E-state index < -0.39 is 0 Å². The van der Waals surface area contributed by atoms with Gasteiger partial charge in [-0.25, -0.2) is 0 Å². The second kappa shape index (κ2) is 4.43. The van der Waals surface area contributed by atoms with E-state index in [2.05, 4.69) is 6.92 Å². The van der Waals surface area contributed by atoms with Gasteiger partial charge in [0.1, 0.15) is 0 Å². The maximum absolute atomic E-state index is 10.5. The van der Waals surface area contributed by atoms with Crippen LogP contribution in [-0.2, 0) is 4.74 Å². The number of ether oxygens (including phenoxy) is 1. The number of aliphatic hydroxyl groups is 1. The van der Waals surface area contributed by atoms with Gasteiger partial charge in [-0.2, -0.15) is 11.8 Å². The lowest BCUT2D eigenvalue weighted by Gasteiger charge is -2.45. The lowest BCUT2D eigenvalue weighted by atomic mass is 9.76. The van der Waals surface area contributed by atoms with Crippen LogP contribution in [0, 0.1) is 11.3 Å². The summed E-state index contributed by atoms with van der Waals surface area (Å²) in [6.45, 7) is 3.11. The molecule has 1 N–H and O–H groups in total. The Labute approximate surface area is 108 Å². The number of hydrogen-bond donors (Lipinski definition) is 1. The third-order valence-electron chi connectivity index (χ3n) is 5.13. The van der Waals surface area contributed by atoms with Gasteiger partial charge in [-0.1, -0.05) is 6.92 Å². The highest BCUT2D eigenvalue weighted by Gasteiger charge is 2.50. The van der Waals surface area contributed by atoms with Crippen molar-refractivity contribution >= 4 is 11.8 Å². The number of rotatable bonds is 2. The Morgan fingerprint density at radius 3 is 2.59 bits per heavy atom. The lowest BCUT2D eigenvalue weighted by Crippen LogP contribution is -2.46. The number of hydrogen-bond acceptors (Lipinski definition) is 3. The molecule has 2 saturated heterocycles. The molecule has 0 aromatic heterocycles. The molecule has 0 bridgehead atoms. The first-order valence-corrected chi connectivity index (χ1v) is 8.19. The molecule has 3 fully saturated rings. The average Bonchev–Trinajstić information content (AvgIpc) is 3.09. The van der Waals surface area contributed by atoms with E-state index in [1.807, 2.05) is 11.8 Å². The SMILES string of the molecule is CC1(C(O)C2CCOC3(CCSCC3)C2)CC1. The molecule has 3 heteroatoms. The molecular weight excluding hydrogens is 232 g/mol. The van der Waals surface area contributed by atoms with E-state index in [0.717, 1.165) is 19.4 Å². The Morgan fingerprint density at radius 1 is 1.24 bits per heavy atom. The van der Waals surface area contributed by atoms with Crippen LogP contribution in [0.1, 0.15) is 45.4 Å². The highest BCUT2D eigenvalue weighted by atomic mass is 32.2. The molecule has 0 amide bonds. The van der Waals surface area contributed by atoms with Crippen molar-refractivity contribution in [3.63, 3.8) is 0 Å². The molecule has 98 valence electrons. The smallest absolute Gasteiger partial charge is 0.0701 e. The van der Waals surface area contributed by atoms with Crippen LogP contribution >= 0.6 is 11.8 Å². The van der Waals surface area contributed by atoms with Crippen LogP contribution in [0.3, 0.4) is 0 Å². The topological polar surface area (TPSA) is 29.5 Å². The zero-order chi connectivity index (χ0) is 11.9. The third kappa shape index (κ3) is 2.39. The van der Waals surface area contributed by atoms with Crippen molar-refractivity contribution < 1.29 is 9.84 Å². The summed E-state index contributed by atoms with van der Waals surface area (Å²) in [6, 6.07) is 0. The molecule has 17 heavy (non-hydrogen) atoms. The molecule has 1 aliphatic carbocycles. The van der Waals surface area contributed by atoms with E-state index in [-0.39, 0.29) is 17.1 Å². The minimum Gasteiger partial charge on any atom is -0.392 e. The van der Waals surface area contributed by atoms with Crippen molar-refractivity contribution in [2.75, 3.05) is 18.1 Å². The molecule has 0 aromatic carbocycles. The summed E-state index contributed by atoms with van der Waals surface area (Å²) in [5.41, 5.74) is 0.368. The Hall–Kier alpha value is 0.270. The van der Waals surface area contributed by atoms with Crippen LogP contribution in [0.5, 0.6) is 0 Å². The maximum atomic E-state index is 10.5. The molecule has 2 heterocycles. The first kappa shape index (κ1) is 12.3. The zero-order valence-corrected chi connectivity index (χ0v) is 11.6. The van der Waals surface area contributed by atoms with Crippen LogP contribution in [0.4, 0.5) is 0 Å². The van der Waals surface area contributed by atoms with Crippen molar-refractivity contribution in [1.82, 2.24) is 0 Å². The van der Waals surface area contributed by atoms with E-state index in [0.29, 0.717) is 5.92 Å². The summed E-state index contributed by atoms with van der Waals surface area (Å²) >= 11 is 2.05. The summed E-state index contributed by atoms with van der Waals surface area (Å²) < 4.78 is 6.10. The van der Waals surface area contributed by atoms with Crippen molar-refractivity contribution in [3.05, 3.63) is 0 Å². The second-order valence-corrected chi connectivity index (χ2v) is 7.72. The normalized spacial score (nSPS) is 36.7. The molecule has 2 nitrogen and oxygen atoms in total. The van der Waals surface area contributed by atoms with Gasteiger partial charge in [0.05, 0.1) is 11.7 Å². The molecule has 3 rings (SSSR count). The monoisotopic (exact) mass is 256 g/mol. The maximum Gasteiger partial charge on any atom is 0.0701 e. The van der Waals surface area contributed by atoms with E-state index >= 15 is 0 Å². The Morgan fingerprint density at radius 2 is 1.94 bits per heavy atom. The van der Waals surface area contributed by atoms with Crippen LogP contribution in [0.25, 0.3) is 0 Å². The van der Waals surface area contributed by atoms with Gasteiger partial charge in [0, 0.05) is 6.61 Å². The van der Waals surface area contributed by atoms with Crippen LogP contribution in [0.15, 0.2) is 0 Å². The van der Waals surface area contributed by atoms with E-state index in [4.69, 9.17) is 4.74 Å². The summed E-state index contributed by atoms with van der Waals surface area (Å²) in [7, 11) is 0. The lowest BCUT2D eigenvalue weighted by molar-refractivity contribution is -0.128. The van der Waals surface area contributed by atoms with Gasteiger partial charge in [-0.05, 0) is 61.4 Å². The molecule has 2 aliphatic heterocycles. The Balaban J connectivity index is 1.66. The number of thioether (sulfide) groups is 1. The summed E-state index contributed by atoms with van der Waals surface area (Å²) in [5.74, 6) is 2.96. The summed E-state index contributed by atoms with van der Waals surface area (Å²) in [5, 5.41) is 10.5. The molecule has 1 saturated carbocycles. The van der Waals surface area contributed by atoms with Crippen LogP contribution < -0.4 is 0 Å². The van der Waals surface area contributed by atoms with E-state index in [1.54, 1.807) is 0 Å². The van der Waals surface area contributed by atoms with Crippen LogP contribution in [0.2, 0.25) is 0 Å². The van der Waals surface area contributed by atoms with Crippen molar-refractivity contribution in [2.24, 2.45) is 11.3 Å². The zero-order valence-electron chi connectivity index (χ0n) is 10.8. The fraction of sp³-hybridized carbons (Fsp3) is 1.00. The molecule has 3 aliphatic rings. The quantitative estimate of drug-likeness (QED) is 0.824. The molecule has 1 spiro atoms. The van der Waals surface area contributed by atoms with Gasteiger partial charge in [0.25, 0.3) is 0 Å². The van der Waals surface area contributed by atoms with Crippen molar-refractivity contribution in [3.8, 4) is 0 Å². The molecule has 2 atom stereocenters. The number of aliphatic hydroxyl groups excluding tert-OH is 1. The third-order valence-corrected chi connectivity index (χ3v) is 6.12.